The van der Waals surface area contributed by atoms with Crippen molar-refractivity contribution < 1.29 is 9.59 Å². The lowest BCUT2D eigenvalue weighted by Gasteiger charge is -2.26. The molecule has 104 valence electrons. The summed E-state index contributed by atoms with van der Waals surface area (Å²) in [5.41, 5.74) is 5.60. The monoisotopic (exact) mass is 263 g/mol. The lowest BCUT2D eigenvalue weighted by atomic mass is 9.92. The largest absolute Gasteiger partial charge is 0.355 e. The molecule has 1 rings (SSSR count). The highest BCUT2D eigenvalue weighted by Gasteiger charge is 2.32. The topological polar surface area (TPSA) is 84.2 Å². The highest BCUT2D eigenvalue weighted by molar-refractivity contribution is 5.92. The Kier molecular flexibility index (Phi) is 5.06. The van der Waals surface area contributed by atoms with Gasteiger partial charge in [-0.1, -0.05) is 30.3 Å². The summed E-state index contributed by atoms with van der Waals surface area (Å²) in [5.74, 6) is -0.600. The lowest BCUT2D eigenvalue weighted by Crippen LogP contribution is -2.54. The number of likely N-dealkylation sites (N-methyl/N-ethyl adjacent to an activating group) is 1. The first-order chi connectivity index (χ1) is 8.89. The predicted octanol–water partition coefficient (Wildman–Crippen LogP) is 0.501. The quantitative estimate of drug-likeness (QED) is 0.723. The first-order valence-electron chi connectivity index (χ1n) is 6.32. The van der Waals surface area contributed by atoms with Gasteiger partial charge in [-0.2, -0.15) is 0 Å². The van der Waals surface area contributed by atoms with Gasteiger partial charge in [0, 0.05) is 6.54 Å². The Balaban J connectivity index is 2.75. The maximum Gasteiger partial charge on any atom is 0.245 e. The number of carbonyl (C=O) groups excluding carboxylic acids is 2. The molecule has 2 amide bonds. The Labute approximate surface area is 113 Å². The summed E-state index contributed by atoms with van der Waals surface area (Å²) in [7, 11) is 0. The van der Waals surface area contributed by atoms with Gasteiger partial charge in [-0.3, -0.25) is 9.59 Å². The van der Waals surface area contributed by atoms with Crippen LogP contribution < -0.4 is 16.4 Å². The number of hydrogen-bond donors (Lipinski definition) is 3. The van der Waals surface area contributed by atoms with Gasteiger partial charge in [-0.05, 0) is 26.3 Å². The van der Waals surface area contributed by atoms with E-state index in [0.717, 1.165) is 0 Å². The molecular weight excluding hydrogens is 242 g/mol. The van der Waals surface area contributed by atoms with Crippen LogP contribution in [0.2, 0.25) is 0 Å². The van der Waals surface area contributed by atoms with Gasteiger partial charge in [-0.15, -0.1) is 0 Å². The van der Waals surface area contributed by atoms with Crippen molar-refractivity contribution in [3.8, 4) is 0 Å². The highest BCUT2D eigenvalue weighted by atomic mass is 16.2. The molecule has 2 atom stereocenters. The maximum absolute atomic E-state index is 12.2. The van der Waals surface area contributed by atoms with Crippen LogP contribution in [0.1, 0.15) is 26.3 Å². The third-order valence-electron chi connectivity index (χ3n) is 2.94. The molecule has 0 saturated heterocycles. The van der Waals surface area contributed by atoms with E-state index in [2.05, 4.69) is 10.6 Å². The van der Waals surface area contributed by atoms with Gasteiger partial charge in [0.1, 0.15) is 11.6 Å². The molecule has 0 aliphatic heterocycles. The fourth-order valence-electron chi connectivity index (χ4n) is 1.65. The number of hydrogen-bond acceptors (Lipinski definition) is 3. The average molecular weight is 263 g/mol. The van der Waals surface area contributed by atoms with Gasteiger partial charge in [0.05, 0.1) is 0 Å². The van der Waals surface area contributed by atoms with Crippen LogP contribution >= 0.6 is 0 Å². The molecule has 0 aliphatic rings. The molecule has 0 bridgehead atoms. The van der Waals surface area contributed by atoms with Gasteiger partial charge in [0.2, 0.25) is 11.8 Å². The summed E-state index contributed by atoms with van der Waals surface area (Å²) in [4.78, 5) is 23.7. The molecule has 4 N–H and O–H groups in total. The number of amides is 2. The fourth-order valence-corrected chi connectivity index (χ4v) is 1.65. The summed E-state index contributed by atoms with van der Waals surface area (Å²) in [5, 5.41) is 5.27. The van der Waals surface area contributed by atoms with Crippen molar-refractivity contribution in [2.75, 3.05) is 6.54 Å². The predicted molar refractivity (Wildman–Crippen MR) is 74.3 cm³/mol. The van der Waals surface area contributed by atoms with E-state index >= 15 is 0 Å². The van der Waals surface area contributed by atoms with E-state index in [9.17, 15) is 9.59 Å². The third-order valence-corrected chi connectivity index (χ3v) is 2.94. The van der Waals surface area contributed by atoms with Crippen LogP contribution in [0.4, 0.5) is 0 Å². The van der Waals surface area contributed by atoms with Crippen LogP contribution in [-0.2, 0) is 15.1 Å². The van der Waals surface area contributed by atoms with E-state index < -0.39 is 11.6 Å². The summed E-state index contributed by atoms with van der Waals surface area (Å²) in [6.07, 6.45) is 0. The Bertz CT molecular complexity index is 443. The van der Waals surface area contributed by atoms with Crippen molar-refractivity contribution in [1.82, 2.24) is 10.6 Å². The van der Waals surface area contributed by atoms with E-state index in [1.165, 1.54) is 0 Å². The van der Waals surface area contributed by atoms with E-state index in [0.29, 0.717) is 12.1 Å². The molecule has 5 nitrogen and oxygen atoms in total. The van der Waals surface area contributed by atoms with Crippen LogP contribution in [0.3, 0.4) is 0 Å². The molecule has 0 aliphatic carbocycles. The molecule has 0 fully saturated rings. The van der Waals surface area contributed by atoms with E-state index in [4.69, 9.17) is 5.73 Å². The van der Waals surface area contributed by atoms with Crippen LogP contribution in [0.15, 0.2) is 30.3 Å². The Morgan fingerprint density at radius 2 is 1.89 bits per heavy atom. The zero-order valence-corrected chi connectivity index (χ0v) is 11.6. The first kappa shape index (κ1) is 15.2. The van der Waals surface area contributed by atoms with Gasteiger partial charge < -0.3 is 16.4 Å². The molecular formula is C14H21N3O2. The molecule has 0 radical (unpaired) electrons. The second-order valence-electron chi connectivity index (χ2n) is 4.66. The minimum Gasteiger partial charge on any atom is -0.355 e. The zero-order valence-electron chi connectivity index (χ0n) is 11.6. The SMILES string of the molecule is CCNC(=O)C(C)NC(=O)C(C)(N)c1ccccc1. The van der Waals surface area contributed by atoms with Crippen LogP contribution in [0, 0.1) is 0 Å². The Morgan fingerprint density at radius 1 is 1.32 bits per heavy atom. The van der Waals surface area contributed by atoms with Crippen molar-refractivity contribution in [2.45, 2.75) is 32.4 Å². The Morgan fingerprint density at radius 3 is 2.42 bits per heavy atom. The number of rotatable bonds is 5. The van der Waals surface area contributed by atoms with Gasteiger partial charge >= 0.3 is 0 Å². The molecule has 0 aromatic heterocycles. The van der Waals surface area contributed by atoms with Crippen LogP contribution in [0.5, 0.6) is 0 Å². The number of nitrogens with two attached hydrogens (primary N) is 1. The van der Waals surface area contributed by atoms with Crippen molar-refractivity contribution in [1.29, 1.82) is 0 Å². The molecule has 1 aromatic carbocycles. The average Bonchev–Trinajstić information content (AvgIpc) is 2.39. The van der Waals surface area contributed by atoms with E-state index in [1.807, 2.05) is 25.1 Å². The van der Waals surface area contributed by atoms with Crippen molar-refractivity contribution in [3.63, 3.8) is 0 Å². The Hall–Kier alpha value is -1.88. The molecule has 5 heteroatoms. The normalized spacial score (nSPS) is 15.2. The summed E-state index contributed by atoms with van der Waals surface area (Å²) < 4.78 is 0. The fraction of sp³-hybridized carbons (Fsp3) is 0.429. The minimum atomic E-state index is -1.16. The first-order valence-corrected chi connectivity index (χ1v) is 6.32. The van der Waals surface area contributed by atoms with Crippen molar-refractivity contribution in [3.05, 3.63) is 35.9 Å². The number of carbonyl (C=O) groups is 2. The second kappa shape index (κ2) is 6.33. The minimum absolute atomic E-state index is 0.222. The van der Waals surface area contributed by atoms with Crippen LogP contribution in [-0.4, -0.2) is 24.4 Å². The van der Waals surface area contributed by atoms with E-state index in [-0.39, 0.29) is 11.8 Å². The number of benzene rings is 1. The van der Waals surface area contributed by atoms with Crippen LogP contribution in [0.25, 0.3) is 0 Å². The molecule has 1 aromatic rings. The molecule has 0 heterocycles. The smallest absolute Gasteiger partial charge is 0.245 e. The van der Waals surface area contributed by atoms with E-state index in [1.54, 1.807) is 26.0 Å². The van der Waals surface area contributed by atoms with Gasteiger partial charge in [-0.25, -0.2) is 0 Å². The van der Waals surface area contributed by atoms with Gasteiger partial charge in [0.15, 0.2) is 0 Å². The summed E-state index contributed by atoms with van der Waals surface area (Å²) in [6, 6.07) is 8.46. The highest BCUT2D eigenvalue weighted by Crippen LogP contribution is 2.17. The number of nitrogens with one attached hydrogen (secondary N) is 2. The molecule has 19 heavy (non-hydrogen) atoms. The molecule has 0 saturated carbocycles. The second-order valence-corrected chi connectivity index (χ2v) is 4.66. The van der Waals surface area contributed by atoms with Gasteiger partial charge in [0.25, 0.3) is 0 Å². The standard InChI is InChI=1S/C14H21N3O2/c1-4-16-12(18)10(2)17-13(19)14(3,15)11-8-6-5-7-9-11/h5-10H,4,15H2,1-3H3,(H,16,18)(H,17,19). The molecule has 2 unspecified atom stereocenters. The zero-order chi connectivity index (χ0) is 14.5. The van der Waals surface area contributed by atoms with Crippen molar-refractivity contribution in [2.24, 2.45) is 5.73 Å². The van der Waals surface area contributed by atoms with Crippen molar-refractivity contribution >= 4 is 11.8 Å². The lowest BCUT2D eigenvalue weighted by molar-refractivity contribution is -0.131. The summed E-state index contributed by atoms with van der Waals surface area (Å²) in [6.45, 7) is 5.60. The maximum atomic E-state index is 12.2. The third kappa shape index (κ3) is 3.79. The summed E-state index contributed by atoms with van der Waals surface area (Å²) >= 11 is 0. The molecule has 0 spiro atoms.